The number of isocyanates is 4. The average Bonchev–Trinajstić information content (AvgIpc) is 2.73. The Bertz CT molecular complexity index is 553. The smallest absolute Gasteiger partial charge is 0.211 e. The summed E-state index contributed by atoms with van der Waals surface area (Å²) in [5, 5.41) is 0.933. The van der Waals surface area contributed by atoms with Crippen molar-refractivity contribution in [1.29, 1.82) is 0 Å². The molecule has 0 N–H and O–H groups in total. The molecule has 1 aliphatic heterocycles. The van der Waals surface area contributed by atoms with E-state index in [1.807, 2.05) is 23.5 Å². The van der Waals surface area contributed by atoms with Crippen molar-refractivity contribution in [1.82, 2.24) is 0 Å². The van der Waals surface area contributed by atoms with Gasteiger partial charge in [0, 0.05) is 44.0 Å². The second-order valence-electron chi connectivity index (χ2n) is 5.55. The molecular weight excluding hydrogens is 440 g/mol. The maximum absolute atomic E-state index is 10.3. The summed E-state index contributed by atoms with van der Waals surface area (Å²) in [6, 6.07) is 0. The van der Waals surface area contributed by atoms with Gasteiger partial charge in [0.1, 0.15) is 0 Å². The minimum Gasteiger partial charge on any atom is -0.211 e. The van der Waals surface area contributed by atoms with Gasteiger partial charge in [0.15, 0.2) is 0 Å². The van der Waals surface area contributed by atoms with Crippen LogP contribution in [0.15, 0.2) is 20.0 Å². The molecule has 0 spiro atoms. The van der Waals surface area contributed by atoms with Crippen LogP contribution in [0.5, 0.6) is 0 Å². The van der Waals surface area contributed by atoms with E-state index in [-0.39, 0.29) is 10.5 Å². The molecule has 152 valence electrons. The van der Waals surface area contributed by atoms with Crippen LogP contribution in [0.25, 0.3) is 0 Å². The maximum Gasteiger partial charge on any atom is 0.234 e. The highest BCUT2D eigenvalue weighted by molar-refractivity contribution is 8.09. The lowest BCUT2D eigenvalue weighted by Crippen LogP contribution is -2.27. The third-order valence-corrected chi connectivity index (χ3v) is 9.88. The monoisotopic (exact) mass is 460 g/mol. The molecule has 0 aromatic carbocycles. The molecule has 1 rings (SSSR count). The standard InChI is InChI=1S/C16H20N4O4S4/c21-9-17-1-13(2-18-10-22)25-5-15-7-28-16(8-27-15)6-26-14(3-19-11-23)4-20-12-24/h13-16H,1-8H2. The molecule has 1 heterocycles. The number of aliphatic imine (C=N–C) groups is 4. The molecule has 12 heteroatoms. The van der Waals surface area contributed by atoms with Crippen molar-refractivity contribution in [2.24, 2.45) is 20.0 Å². The van der Waals surface area contributed by atoms with Gasteiger partial charge in [-0.15, -0.1) is 0 Å². The van der Waals surface area contributed by atoms with Gasteiger partial charge < -0.3 is 0 Å². The summed E-state index contributed by atoms with van der Waals surface area (Å²) in [5.41, 5.74) is 0. The van der Waals surface area contributed by atoms with Gasteiger partial charge in [0.25, 0.3) is 0 Å². The first-order valence-corrected chi connectivity index (χ1v) is 12.5. The van der Waals surface area contributed by atoms with Crippen molar-refractivity contribution >= 4 is 71.4 Å². The fourth-order valence-electron chi connectivity index (χ4n) is 2.14. The predicted molar refractivity (Wildman–Crippen MR) is 117 cm³/mol. The van der Waals surface area contributed by atoms with Crippen molar-refractivity contribution < 1.29 is 19.2 Å². The van der Waals surface area contributed by atoms with Gasteiger partial charge in [0.05, 0.1) is 26.2 Å². The predicted octanol–water partition coefficient (Wildman–Crippen LogP) is 1.75. The Morgan fingerprint density at radius 1 is 0.679 bits per heavy atom. The van der Waals surface area contributed by atoms with Gasteiger partial charge in [-0.25, -0.2) is 39.1 Å². The van der Waals surface area contributed by atoms with Crippen molar-refractivity contribution in [3.8, 4) is 0 Å². The number of nitrogens with zero attached hydrogens (tertiary/aromatic N) is 4. The van der Waals surface area contributed by atoms with Crippen LogP contribution >= 0.6 is 47.0 Å². The van der Waals surface area contributed by atoms with E-state index in [0.717, 1.165) is 23.0 Å². The van der Waals surface area contributed by atoms with Gasteiger partial charge >= 0.3 is 0 Å². The Balaban J connectivity index is 2.34. The van der Waals surface area contributed by atoms with E-state index >= 15 is 0 Å². The van der Waals surface area contributed by atoms with E-state index in [0.29, 0.717) is 36.7 Å². The van der Waals surface area contributed by atoms with E-state index < -0.39 is 0 Å². The van der Waals surface area contributed by atoms with Crippen molar-refractivity contribution in [2.75, 3.05) is 49.2 Å². The molecule has 28 heavy (non-hydrogen) atoms. The summed E-state index contributed by atoms with van der Waals surface area (Å²) in [7, 11) is 0. The number of hydrogen-bond donors (Lipinski definition) is 0. The summed E-state index contributed by atoms with van der Waals surface area (Å²) in [6.45, 7) is 1.21. The third kappa shape index (κ3) is 11.7. The maximum atomic E-state index is 10.3. The highest BCUT2D eigenvalue weighted by Gasteiger charge is 2.24. The number of rotatable bonds is 14. The lowest BCUT2D eigenvalue weighted by molar-refractivity contribution is 0.560. The Kier molecular flexibility index (Phi) is 15.0. The van der Waals surface area contributed by atoms with Gasteiger partial charge in [-0.3, -0.25) is 0 Å². The van der Waals surface area contributed by atoms with Crippen molar-refractivity contribution in [3.05, 3.63) is 0 Å². The molecule has 0 amide bonds. The van der Waals surface area contributed by atoms with Crippen LogP contribution in [0.4, 0.5) is 0 Å². The lowest BCUT2D eigenvalue weighted by Gasteiger charge is -2.28. The van der Waals surface area contributed by atoms with Crippen LogP contribution in [0.1, 0.15) is 0 Å². The molecule has 2 atom stereocenters. The number of carbonyl (C=O) groups excluding carboxylic acids is 4. The van der Waals surface area contributed by atoms with Crippen molar-refractivity contribution in [2.45, 2.75) is 21.0 Å². The second-order valence-corrected chi connectivity index (χ2v) is 10.9. The highest BCUT2D eigenvalue weighted by atomic mass is 32.2. The zero-order chi connectivity index (χ0) is 20.5. The molecule has 1 saturated heterocycles. The zero-order valence-corrected chi connectivity index (χ0v) is 18.3. The normalized spacial score (nSPS) is 20.4. The van der Waals surface area contributed by atoms with E-state index in [4.69, 9.17) is 0 Å². The quantitative estimate of drug-likeness (QED) is 0.284. The summed E-state index contributed by atoms with van der Waals surface area (Å²) >= 11 is 7.14. The highest BCUT2D eigenvalue weighted by Crippen LogP contribution is 2.34. The molecular formula is C16H20N4O4S4. The summed E-state index contributed by atoms with van der Waals surface area (Å²) in [4.78, 5) is 55.5. The first kappa shape index (κ1) is 25.0. The SMILES string of the molecule is O=C=NCC(CN=C=O)SCC1CSC(CSC(CN=C=O)CN=C=O)CS1. The summed E-state index contributed by atoms with van der Waals surface area (Å²) in [5.74, 6) is 3.81. The molecule has 0 saturated carbocycles. The molecule has 1 fully saturated rings. The molecule has 8 nitrogen and oxygen atoms in total. The van der Waals surface area contributed by atoms with Crippen LogP contribution in [-0.2, 0) is 19.2 Å². The minimum atomic E-state index is -0.0146. The molecule has 0 aliphatic carbocycles. The average molecular weight is 461 g/mol. The fourth-order valence-corrected chi connectivity index (χ4v) is 8.06. The fraction of sp³-hybridized carbons (Fsp3) is 0.750. The second kappa shape index (κ2) is 16.8. The van der Waals surface area contributed by atoms with E-state index in [2.05, 4.69) is 20.0 Å². The van der Waals surface area contributed by atoms with Gasteiger partial charge in [-0.1, -0.05) is 0 Å². The van der Waals surface area contributed by atoms with Crippen LogP contribution in [0.2, 0.25) is 0 Å². The summed E-state index contributed by atoms with van der Waals surface area (Å²) < 4.78 is 0. The van der Waals surface area contributed by atoms with E-state index in [9.17, 15) is 19.2 Å². The molecule has 1 aliphatic rings. The topological polar surface area (TPSA) is 118 Å². The largest absolute Gasteiger partial charge is 0.234 e. The summed E-state index contributed by atoms with van der Waals surface area (Å²) in [6.07, 6.45) is 6.08. The van der Waals surface area contributed by atoms with Crippen LogP contribution < -0.4 is 0 Å². The lowest BCUT2D eigenvalue weighted by atomic mass is 10.4. The van der Waals surface area contributed by atoms with Gasteiger partial charge in [0.2, 0.25) is 24.3 Å². The molecule has 0 bridgehead atoms. The third-order valence-electron chi connectivity index (χ3n) is 3.51. The molecule has 0 aromatic heterocycles. The minimum absolute atomic E-state index is 0.0146. The number of thioether (sulfide) groups is 4. The first-order valence-electron chi connectivity index (χ1n) is 8.34. The van der Waals surface area contributed by atoms with Crippen LogP contribution in [-0.4, -0.2) is 94.5 Å². The van der Waals surface area contributed by atoms with Crippen molar-refractivity contribution in [3.63, 3.8) is 0 Å². The molecule has 0 aromatic rings. The van der Waals surface area contributed by atoms with Crippen LogP contribution in [0.3, 0.4) is 0 Å². The van der Waals surface area contributed by atoms with E-state index in [1.54, 1.807) is 23.5 Å². The zero-order valence-electron chi connectivity index (χ0n) is 15.0. The number of hydrogen-bond acceptors (Lipinski definition) is 12. The molecule has 2 unspecified atom stereocenters. The Morgan fingerprint density at radius 3 is 1.25 bits per heavy atom. The Labute approximate surface area is 180 Å². The Hall–Kier alpha value is -1.08. The van der Waals surface area contributed by atoms with Gasteiger partial charge in [-0.2, -0.15) is 47.0 Å². The Morgan fingerprint density at radius 2 is 1.00 bits per heavy atom. The first-order chi connectivity index (χ1) is 13.7. The van der Waals surface area contributed by atoms with Crippen LogP contribution in [0, 0.1) is 0 Å². The molecule has 0 radical (unpaired) electrons. The van der Waals surface area contributed by atoms with E-state index in [1.165, 1.54) is 24.3 Å². The van der Waals surface area contributed by atoms with Gasteiger partial charge in [-0.05, 0) is 0 Å².